The summed E-state index contributed by atoms with van der Waals surface area (Å²) in [4.78, 5) is 32.9. The summed E-state index contributed by atoms with van der Waals surface area (Å²) in [7, 11) is 1.79. The Kier molecular flexibility index (Phi) is 6.42. The van der Waals surface area contributed by atoms with Crippen LogP contribution in [0.25, 0.3) is 33.5 Å². The largest absolute Gasteiger partial charge is 0.372 e. The van der Waals surface area contributed by atoms with Crippen molar-refractivity contribution in [3.63, 3.8) is 0 Å². The van der Waals surface area contributed by atoms with E-state index in [1.807, 2.05) is 6.07 Å². The van der Waals surface area contributed by atoms with Crippen LogP contribution in [-0.4, -0.2) is 61.0 Å². The van der Waals surface area contributed by atoms with Gasteiger partial charge < -0.3 is 25.5 Å². The Bertz CT molecular complexity index is 1410. The number of nitrogens with one attached hydrogen (secondary N) is 4. The average Bonchev–Trinajstić information content (AvgIpc) is 3.40. The number of pyridine rings is 1. The van der Waals surface area contributed by atoms with Gasteiger partial charge in [0.25, 0.3) is 6.43 Å². The molecule has 0 bridgehead atoms. The highest BCUT2D eigenvalue weighted by molar-refractivity contribution is 6.01. The second kappa shape index (κ2) is 9.67. The Labute approximate surface area is 206 Å². The molecule has 0 unspecified atom stereocenters. The maximum absolute atomic E-state index is 13.1. The van der Waals surface area contributed by atoms with Crippen LogP contribution in [0.15, 0.2) is 18.3 Å². The van der Waals surface area contributed by atoms with Gasteiger partial charge in [-0.3, -0.25) is 4.79 Å². The number of rotatable bonds is 7. The quantitative estimate of drug-likeness (QED) is 0.306. The molecule has 1 saturated carbocycles. The minimum absolute atomic E-state index is 0.00339. The number of aryl methyl sites for hydroxylation is 1. The highest BCUT2D eigenvalue weighted by Gasteiger charge is 2.23. The summed E-state index contributed by atoms with van der Waals surface area (Å²) in [6.07, 6.45) is 2.92. The summed E-state index contributed by atoms with van der Waals surface area (Å²) in [5, 5.41) is 10.3. The normalized spacial score (nSPS) is 18.2. The molecule has 0 atom stereocenters. The molecule has 10 nitrogen and oxygen atoms in total. The number of halogens is 2. The van der Waals surface area contributed by atoms with Gasteiger partial charge in [0.15, 0.2) is 5.65 Å². The molecule has 1 fully saturated rings. The molecule has 4 aromatic rings. The average molecular weight is 498 g/mol. The maximum atomic E-state index is 13.1. The fraction of sp³-hybridized carbons (Fsp3) is 0.458. The molecule has 4 heterocycles. The highest BCUT2D eigenvalue weighted by atomic mass is 19.3. The first-order valence-electron chi connectivity index (χ1n) is 12.0. The monoisotopic (exact) mass is 497 g/mol. The van der Waals surface area contributed by atoms with E-state index >= 15 is 0 Å². The van der Waals surface area contributed by atoms with Crippen molar-refractivity contribution >= 4 is 39.9 Å². The summed E-state index contributed by atoms with van der Waals surface area (Å²) >= 11 is 0. The number of fused-ring (bicyclic) bond motifs is 2. The van der Waals surface area contributed by atoms with Gasteiger partial charge in [0.2, 0.25) is 11.9 Å². The standard InChI is InChI=1S/C24H29F2N9O/c1-12-29-18-9-8-17(32-23(18)35(12)11-19(25)26)16-10-28-22-20(16)21(27-3)33-24(34-22)31-15-6-4-14(5-7-15)30-13(2)36/h8-10,14-15,19H,4-7,11H2,1-3H3,(H,30,36)(H3,27,28,31,33,34)/t14-,15+. The molecule has 0 aromatic carbocycles. The number of hydrogen-bond donors (Lipinski definition) is 4. The zero-order chi connectivity index (χ0) is 25.4. The number of aromatic amines is 1. The molecule has 1 aliphatic carbocycles. The second-order valence-corrected chi connectivity index (χ2v) is 9.17. The predicted molar refractivity (Wildman–Crippen MR) is 134 cm³/mol. The molecule has 4 aromatic heterocycles. The van der Waals surface area contributed by atoms with Crippen molar-refractivity contribution in [2.24, 2.45) is 0 Å². The third-order valence-corrected chi connectivity index (χ3v) is 6.62. The van der Waals surface area contributed by atoms with Crippen LogP contribution in [0.2, 0.25) is 0 Å². The van der Waals surface area contributed by atoms with Crippen LogP contribution in [0.5, 0.6) is 0 Å². The Balaban J connectivity index is 1.43. The van der Waals surface area contributed by atoms with Gasteiger partial charge in [-0.1, -0.05) is 0 Å². The van der Waals surface area contributed by atoms with E-state index in [4.69, 9.17) is 4.98 Å². The predicted octanol–water partition coefficient (Wildman–Crippen LogP) is 3.84. The number of alkyl halides is 2. The van der Waals surface area contributed by atoms with Gasteiger partial charge in [-0.25, -0.2) is 18.7 Å². The van der Waals surface area contributed by atoms with Gasteiger partial charge in [0.05, 0.1) is 17.6 Å². The topological polar surface area (TPSA) is 125 Å². The molecule has 0 aliphatic heterocycles. The van der Waals surface area contributed by atoms with E-state index in [1.54, 1.807) is 33.2 Å². The summed E-state index contributed by atoms with van der Waals surface area (Å²) in [6.45, 7) is 2.78. The summed E-state index contributed by atoms with van der Waals surface area (Å²) in [5.74, 6) is 1.64. The Morgan fingerprint density at radius 3 is 2.58 bits per heavy atom. The molecule has 0 radical (unpaired) electrons. The van der Waals surface area contributed by atoms with Crippen molar-refractivity contribution in [1.82, 2.24) is 34.8 Å². The van der Waals surface area contributed by atoms with Crippen LogP contribution in [0, 0.1) is 6.92 Å². The third kappa shape index (κ3) is 4.67. The first-order chi connectivity index (χ1) is 17.3. The third-order valence-electron chi connectivity index (χ3n) is 6.62. The van der Waals surface area contributed by atoms with Crippen molar-refractivity contribution in [3.05, 3.63) is 24.2 Å². The van der Waals surface area contributed by atoms with E-state index < -0.39 is 13.0 Å². The molecule has 190 valence electrons. The molecule has 0 saturated heterocycles. The van der Waals surface area contributed by atoms with Gasteiger partial charge in [0.1, 0.15) is 22.8 Å². The minimum atomic E-state index is -2.50. The van der Waals surface area contributed by atoms with Crippen molar-refractivity contribution in [1.29, 1.82) is 0 Å². The van der Waals surface area contributed by atoms with E-state index in [-0.39, 0.29) is 18.0 Å². The van der Waals surface area contributed by atoms with Gasteiger partial charge in [-0.2, -0.15) is 9.97 Å². The van der Waals surface area contributed by atoms with Crippen LogP contribution in [0.4, 0.5) is 20.5 Å². The second-order valence-electron chi connectivity index (χ2n) is 9.17. The van der Waals surface area contributed by atoms with E-state index in [0.29, 0.717) is 40.1 Å². The van der Waals surface area contributed by atoms with Crippen molar-refractivity contribution < 1.29 is 13.6 Å². The first-order valence-corrected chi connectivity index (χ1v) is 12.0. The molecule has 5 rings (SSSR count). The Hall–Kier alpha value is -3.83. The zero-order valence-electron chi connectivity index (χ0n) is 20.4. The molecule has 12 heteroatoms. The van der Waals surface area contributed by atoms with Gasteiger partial charge >= 0.3 is 0 Å². The zero-order valence-corrected chi connectivity index (χ0v) is 20.4. The number of amides is 1. The number of aromatic nitrogens is 6. The van der Waals surface area contributed by atoms with E-state index in [0.717, 1.165) is 36.6 Å². The number of H-pyrrole nitrogens is 1. The minimum Gasteiger partial charge on any atom is -0.372 e. The van der Waals surface area contributed by atoms with E-state index in [9.17, 15) is 13.6 Å². The van der Waals surface area contributed by atoms with Gasteiger partial charge in [-0.05, 0) is 44.7 Å². The Morgan fingerprint density at radius 2 is 1.89 bits per heavy atom. The van der Waals surface area contributed by atoms with E-state index in [1.165, 1.54) is 4.57 Å². The van der Waals surface area contributed by atoms with Crippen LogP contribution in [0.3, 0.4) is 0 Å². The molecule has 0 spiro atoms. The van der Waals surface area contributed by atoms with Crippen LogP contribution >= 0.6 is 0 Å². The van der Waals surface area contributed by atoms with E-state index in [2.05, 4.69) is 35.9 Å². The maximum Gasteiger partial charge on any atom is 0.256 e. The van der Waals surface area contributed by atoms with Crippen LogP contribution in [-0.2, 0) is 11.3 Å². The number of carbonyl (C=O) groups is 1. The number of nitrogens with zero attached hydrogens (tertiary/aromatic N) is 5. The lowest BCUT2D eigenvalue weighted by Gasteiger charge is -2.29. The lowest BCUT2D eigenvalue weighted by molar-refractivity contribution is -0.119. The van der Waals surface area contributed by atoms with Crippen LogP contribution in [0.1, 0.15) is 38.4 Å². The van der Waals surface area contributed by atoms with Crippen molar-refractivity contribution in [3.8, 4) is 11.3 Å². The van der Waals surface area contributed by atoms with Gasteiger partial charge in [-0.15, -0.1) is 0 Å². The number of carbonyl (C=O) groups excluding carboxylic acids is 1. The molecule has 36 heavy (non-hydrogen) atoms. The fourth-order valence-corrected chi connectivity index (χ4v) is 4.95. The summed E-state index contributed by atoms with van der Waals surface area (Å²) in [6, 6.07) is 4.05. The van der Waals surface area contributed by atoms with Crippen LogP contribution < -0.4 is 16.0 Å². The van der Waals surface area contributed by atoms with Crippen molar-refractivity contribution in [2.45, 2.75) is 64.6 Å². The summed E-state index contributed by atoms with van der Waals surface area (Å²) in [5.41, 5.74) is 3.00. The fourth-order valence-electron chi connectivity index (χ4n) is 4.95. The highest BCUT2D eigenvalue weighted by Crippen LogP contribution is 2.33. The lowest BCUT2D eigenvalue weighted by atomic mass is 9.91. The molecule has 1 amide bonds. The SMILES string of the molecule is CNc1nc(N[C@H]2CC[C@@H](NC(C)=O)CC2)nc2[nH]cc(-c3ccc4nc(C)n(CC(F)F)c4n3)c12. The molecule has 4 N–H and O–H groups in total. The lowest BCUT2D eigenvalue weighted by Crippen LogP contribution is -2.39. The molecule has 1 aliphatic rings. The van der Waals surface area contributed by atoms with Crippen molar-refractivity contribution in [2.75, 3.05) is 17.7 Å². The van der Waals surface area contributed by atoms with Gasteiger partial charge in [0, 0.05) is 37.8 Å². The number of imidazole rings is 1. The number of anilines is 2. The summed E-state index contributed by atoms with van der Waals surface area (Å²) < 4.78 is 27.7. The number of hydrogen-bond acceptors (Lipinski definition) is 7. The first kappa shape index (κ1) is 23.9. The molecular formula is C24H29F2N9O. The molecular weight excluding hydrogens is 468 g/mol. The smallest absolute Gasteiger partial charge is 0.256 e. The Morgan fingerprint density at radius 1 is 1.14 bits per heavy atom.